The Hall–Kier alpha value is -2.78. The maximum atomic E-state index is 13.0. The summed E-state index contributed by atoms with van der Waals surface area (Å²) in [6.45, 7) is 7.08. The molecule has 1 unspecified atom stereocenters. The van der Waals surface area contributed by atoms with Gasteiger partial charge in [0, 0.05) is 40.1 Å². The lowest BCUT2D eigenvalue weighted by Gasteiger charge is -2.35. The Morgan fingerprint density at radius 3 is 2.71 bits per heavy atom. The Morgan fingerprint density at radius 1 is 1.18 bits per heavy atom. The normalized spacial score (nSPS) is 22.2. The van der Waals surface area contributed by atoms with Gasteiger partial charge in [-0.1, -0.05) is 36.0 Å². The van der Waals surface area contributed by atoms with E-state index in [4.69, 9.17) is 9.47 Å². The monoisotopic (exact) mass is 479 g/mol. The van der Waals surface area contributed by atoms with E-state index in [1.807, 2.05) is 62.4 Å². The van der Waals surface area contributed by atoms with E-state index in [9.17, 15) is 9.90 Å². The third kappa shape index (κ3) is 4.22. The lowest BCUT2D eigenvalue weighted by molar-refractivity contribution is -0.111. The number of carbonyl (C=O) groups excluding carboxylic acids is 1. The fraction of sp³-hybridized carbons (Fsp3) is 0.346. The second-order valence-corrected chi connectivity index (χ2v) is 10.1. The summed E-state index contributed by atoms with van der Waals surface area (Å²) in [7, 11) is 1.72. The molecule has 0 spiro atoms. The second kappa shape index (κ2) is 9.11. The zero-order chi connectivity index (χ0) is 23.9. The lowest BCUT2D eigenvalue weighted by Crippen LogP contribution is -2.41. The molecule has 3 N–H and O–H groups in total. The van der Waals surface area contributed by atoms with Crippen LogP contribution in [0.5, 0.6) is 0 Å². The maximum Gasteiger partial charge on any atom is 0.260 e. The molecule has 7 nitrogen and oxygen atoms in total. The molecule has 0 aliphatic carbocycles. The van der Waals surface area contributed by atoms with Crippen molar-refractivity contribution in [3.05, 3.63) is 71.1 Å². The molecule has 0 saturated carbocycles. The van der Waals surface area contributed by atoms with Crippen molar-refractivity contribution in [1.82, 2.24) is 10.2 Å². The van der Waals surface area contributed by atoms with Gasteiger partial charge in [-0.15, -0.1) is 0 Å². The smallest absolute Gasteiger partial charge is 0.260 e. The van der Waals surface area contributed by atoms with Crippen molar-refractivity contribution >= 4 is 28.9 Å². The summed E-state index contributed by atoms with van der Waals surface area (Å²) < 4.78 is 11.8. The topological polar surface area (TPSA) is 83.1 Å². The van der Waals surface area contributed by atoms with Gasteiger partial charge in [0.2, 0.25) is 0 Å². The summed E-state index contributed by atoms with van der Waals surface area (Å²) in [5.74, 6) is 0.444. The minimum absolute atomic E-state index is 0.159. The third-order valence-corrected chi connectivity index (χ3v) is 7.38. The third-order valence-electron chi connectivity index (χ3n) is 6.30. The van der Waals surface area contributed by atoms with Crippen LogP contribution in [0.25, 0.3) is 5.57 Å². The van der Waals surface area contributed by atoms with Crippen molar-refractivity contribution in [1.29, 1.82) is 0 Å². The molecular formula is C26H29N3O4S. The Bertz CT molecular complexity index is 1180. The van der Waals surface area contributed by atoms with Gasteiger partial charge in [0.05, 0.1) is 30.2 Å². The highest BCUT2D eigenvalue weighted by atomic mass is 32.2. The van der Waals surface area contributed by atoms with Crippen LogP contribution in [0.15, 0.2) is 69.8 Å². The minimum atomic E-state index is -0.746. The van der Waals surface area contributed by atoms with Crippen LogP contribution in [-0.4, -0.2) is 54.9 Å². The Kier molecular flexibility index (Phi) is 6.16. The van der Waals surface area contributed by atoms with Gasteiger partial charge in [-0.25, -0.2) is 0 Å². The Labute approximate surface area is 203 Å². The highest BCUT2D eigenvalue weighted by molar-refractivity contribution is 7.99. The molecule has 3 aliphatic rings. The van der Waals surface area contributed by atoms with Crippen molar-refractivity contribution in [3.63, 3.8) is 0 Å². The first-order valence-corrected chi connectivity index (χ1v) is 12.2. The van der Waals surface area contributed by atoms with E-state index in [2.05, 4.69) is 15.5 Å². The number of morpholine rings is 1. The van der Waals surface area contributed by atoms with Crippen LogP contribution < -0.4 is 10.6 Å². The fourth-order valence-corrected chi connectivity index (χ4v) is 5.61. The van der Waals surface area contributed by atoms with Gasteiger partial charge in [-0.05, 0) is 39.1 Å². The van der Waals surface area contributed by atoms with Gasteiger partial charge in [0.25, 0.3) is 5.91 Å². The molecule has 2 aromatic rings. The number of aliphatic hydroxyl groups excluding tert-OH is 1. The Balaban J connectivity index is 1.46. The standard InChI is InChI=1S/C26H29N3O4S/c1-26(2)22(29-10-12-32-13-11-29)15-20(33-26)23-17-9-8-16(14-19(17)28-25(23)31)34-21-7-5-4-6-18(21)24(30)27-3/h4-9,14-15,24,27,30H,10-13H2,1-3H3,(H,28,31)/b23-20+. The van der Waals surface area contributed by atoms with Gasteiger partial charge < -0.3 is 24.8 Å². The molecule has 0 aromatic heterocycles. The van der Waals surface area contributed by atoms with Crippen LogP contribution in [0.3, 0.4) is 0 Å². The van der Waals surface area contributed by atoms with Crippen LogP contribution in [0.1, 0.15) is 31.2 Å². The predicted octanol–water partition coefficient (Wildman–Crippen LogP) is 3.74. The van der Waals surface area contributed by atoms with Gasteiger partial charge in [0.1, 0.15) is 17.6 Å². The number of benzene rings is 2. The van der Waals surface area contributed by atoms with Crippen LogP contribution in [0, 0.1) is 0 Å². The summed E-state index contributed by atoms with van der Waals surface area (Å²) in [6.07, 6.45) is 1.26. The van der Waals surface area contributed by atoms with E-state index < -0.39 is 11.8 Å². The van der Waals surface area contributed by atoms with Crippen molar-refractivity contribution in [3.8, 4) is 0 Å². The maximum absolute atomic E-state index is 13.0. The number of nitrogens with zero attached hydrogens (tertiary/aromatic N) is 1. The first-order valence-electron chi connectivity index (χ1n) is 11.4. The van der Waals surface area contributed by atoms with Crippen LogP contribution >= 0.6 is 11.8 Å². The molecule has 1 atom stereocenters. The molecule has 1 saturated heterocycles. The highest BCUT2D eigenvalue weighted by Crippen LogP contribution is 2.44. The molecule has 0 radical (unpaired) electrons. The first kappa shape index (κ1) is 23.0. The minimum Gasteiger partial charge on any atom is -0.481 e. The van der Waals surface area contributed by atoms with Crippen molar-refractivity contribution < 1.29 is 19.4 Å². The number of nitrogens with one attached hydrogen (secondary N) is 2. The molecule has 3 heterocycles. The van der Waals surface area contributed by atoms with Crippen molar-refractivity contribution in [2.75, 3.05) is 38.7 Å². The van der Waals surface area contributed by atoms with E-state index in [1.165, 1.54) is 0 Å². The zero-order valence-corrected chi connectivity index (χ0v) is 20.4. The molecule has 5 rings (SSSR count). The number of fused-ring (bicyclic) bond motifs is 1. The number of carbonyl (C=O) groups is 1. The van der Waals surface area contributed by atoms with E-state index >= 15 is 0 Å². The SMILES string of the molecule is CNC(O)c1ccccc1Sc1ccc2c(c1)NC(=O)/C2=C1\C=C(N2CCOCC2)C(C)(C)O1. The number of rotatable bonds is 5. The number of allylic oxidation sites excluding steroid dienone is 1. The summed E-state index contributed by atoms with van der Waals surface area (Å²) in [5.41, 5.74) is 3.53. The molecule has 1 amide bonds. The fourth-order valence-electron chi connectivity index (χ4n) is 4.60. The van der Waals surface area contributed by atoms with Crippen LogP contribution in [0.2, 0.25) is 0 Å². The predicted molar refractivity (Wildman–Crippen MR) is 132 cm³/mol. The summed E-state index contributed by atoms with van der Waals surface area (Å²) in [6, 6.07) is 13.7. The van der Waals surface area contributed by atoms with E-state index in [-0.39, 0.29) is 5.91 Å². The second-order valence-electron chi connectivity index (χ2n) is 8.97. The van der Waals surface area contributed by atoms with E-state index in [0.717, 1.165) is 45.4 Å². The van der Waals surface area contributed by atoms with E-state index in [0.29, 0.717) is 24.5 Å². The van der Waals surface area contributed by atoms with Crippen LogP contribution in [0.4, 0.5) is 5.69 Å². The lowest BCUT2D eigenvalue weighted by atomic mass is 10.0. The largest absolute Gasteiger partial charge is 0.481 e. The number of hydrogen-bond donors (Lipinski definition) is 3. The molecule has 2 aromatic carbocycles. The molecule has 178 valence electrons. The van der Waals surface area contributed by atoms with Gasteiger partial charge in [0.15, 0.2) is 0 Å². The number of amides is 1. The number of aliphatic hydroxyl groups is 1. The van der Waals surface area contributed by atoms with Gasteiger partial charge in [-0.3, -0.25) is 10.1 Å². The first-order chi connectivity index (χ1) is 16.4. The van der Waals surface area contributed by atoms with Crippen molar-refractivity contribution in [2.45, 2.75) is 35.5 Å². The van der Waals surface area contributed by atoms with Crippen LogP contribution in [-0.2, 0) is 14.3 Å². The number of hydrogen-bond acceptors (Lipinski definition) is 7. The molecule has 34 heavy (non-hydrogen) atoms. The quantitative estimate of drug-likeness (QED) is 0.445. The van der Waals surface area contributed by atoms with Gasteiger partial charge >= 0.3 is 0 Å². The summed E-state index contributed by atoms with van der Waals surface area (Å²) in [5, 5.41) is 16.2. The summed E-state index contributed by atoms with van der Waals surface area (Å²) >= 11 is 1.55. The van der Waals surface area contributed by atoms with E-state index in [1.54, 1.807) is 18.8 Å². The molecule has 1 fully saturated rings. The average Bonchev–Trinajstić information content (AvgIpc) is 3.33. The molecule has 8 heteroatoms. The number of ether oxygens (including phenoxy) is 2. The highest BCUT2D eigenvalue weighted by Gasteiger charge is 2.40. The summed E-state index contributed by atoms with van der Waals surface area (Å²) in [4.78, 5) is 17.2. The average molecular weight is 480 g/mol. The zero-order valence-electron chi connectivity index (χ0n) is 19.6. The number of anilines is 1. The van der Waals surface area contributed by atoms with Gasteiger partial charge in [-0.2, -0.15) is 0 Å². The molecular weight excluding hydrogens is 450 g/mol. The molecule has 0 bridgehead atoms. The Morgan fingerprint density at radius 2 is 1.94 bits per heavy atom. The van der Waals surface area contributed by atoms with Crippen molar-refractivity contribution in [2.24, 2.45) is 0 Å². The molecule has 3 aliphatic heterocycles.